The van der Waals surface area contributed by atoms with Gasteiger partial charge in [0.15, 0.2) is 0 Å². The van der Waals surface area contributed by atoms with Gasteiger partial charge in [0.25, 0.3) is 0 Å². The van der Waals surface area contributed by atoms with Crippen molar-refractivity contribution < 1.29 is 33.6 Å². The molecule has 0 aromatic heterocycles. The smallest absolute Gasteiger partial charge is 0.412 e. The summed E-state index contributed by atoms with van der Waals surface area (Å²) in [5, 5.41) is 23.3. The van der Waals surface area contributed by atoms with Crippen molar-refractivity contribution in [2.75, 3.05) is 38.2 Å². The van der Waals surface area contributed by atoms with E-state index in [2.05, 4.69) is 21.3 Å². The quantitative estimate of drug-likeness (QED) is 0.158. The number of carbonyl (C=O) groups is 2. The summed E-state index contributed by atoms with van der Waals surface area (Å²) in [7, 11) is 0. The Morgan fingerprint density at radius 1 is 0.979 bits per heavy atom. The highest BCUT2D eigenvalue weighted by molar-refractivity contribution is 5.86. The van der Waals surface area contributed by atoms with Crippen LogP contribution < -0.4 is 26.0 Å². The molecular formula is C36H48N4O7. The second-order valence-electron chi connectivity index (χ2n) is 12.5. The van der Waals surface area contributed by atoms with Crippen LogP contribution in [0.1, 0.15) is 43.9 Å². The standard InChI is InChI=1S/C36H48N4O7/c1-36(2,3)47-35(43)39-31-12-8-7-11-28(31)25-46-34(42)40-32(21-26-9-5-4-6-10-26)33(41)24-38-22-27-13-15-29(16-14-27)44-19-17-30-23-37-18-20-45-30/h4-16,30,32-33,37-38,41H,17-25H2,1-3H3,(H,39,43)(H,40,42)/t30?,32-,33-/m0/s1. The molecule has 1 saturated heterocycles. The molecule has 0 bridgehead atoms. The number of anilines is 1. The van der Waals surface area contributed by atoms with E-state index in [0.717, 1.165) is 43.0 Å². The van der Waals surface area contributed by atoms with Crippen LogP contribution in [-0.2, 0) is 33.8 Å². The fourth-order valence-electron chi connectivity index (χ4n) is 4.99. The normalized spacial score (nSPS) is 16.0. The highest BCUT2D eigenvalue weighted by atomic mass is 16.6. The van der Waals surface area contributed by atoms with Crippen LogP contribution in [-0.4, -0.2) is 74.0 Å². The molecule has 1 unspecified atom stereocenters. The summed E-state index contributed by atoms with van der Waals surface area (Å²) in [6.07, 6.45) is -0.759. The molecule has 11 nitrogen and oxygen atoms in total. The van der Waals surface area contributed by atoms with Crippen LogP contribution in [0.2, 0.25) is 0 Å². The van der Waals surface area contributed by atoms with Crippen molar-refractivity contribution >= 4 is 17.9 Å². The lowest BCUT2D eigenvalue weighted by Crippen LogP contribution is -2.48. The Morgan fingerprint density at radius 3 is 2.45 bits per heavy atom. The maximum Gasteiger partial charge on any atom is 0.412 e. The molecule has 0 saturated carbocycles. The summed E-state index contributed by atoms with van der Waals surface area (Å²) in [6.45, 7) is 9.10. The van der Waals surface area contributed by atoms with Crippen molar-refractivity contribution in [2.45, 2.75) is 70.6 Å². The average molecular weight is 649 g/mol. The number of hydrogen-bond donors (Lipinski definition) is 5. The first-order valence-corrected chi connectivity index (χ1v) is 16.1. The van der Waals surface area contributed by atoms with Gasteiger partial charge in [0, 0.05) is 38.2 Å². The second-order valence-corrected chi connectivity index (χ2v) is 12.5. The third-order valence-corrected chi connectivity index (χ3v) is 7.40. The number of morpholine rings is 1. The van der Waals surface area contributed by atoms with Crippen LogP contribution in [0.3, 0.4) is 0 Å². The van der Waals surface area contributed by atoms with Crippen LogP contribution in [0.15, 0.2) is 78.9 Å². The molecule has 3 aromatic rings. The molecule has 1 fully saturated rings. The van der Waals surface area contributed by atoms with Crippen molar-refractivity contribution in [3.8, 4) is 5.75 Å². The fraction of sp³-hybridized carbons (Fsp3) is 0.444. The number of nitrogens with one attached hydrogen (secondary N) is 4. The third-order valence-electron chi connectivity index (χ3n) is 7.40. The summed E-state index contributed by atoms with van der Waals surface area (Å²) in [6, 6.07) is 23.9. The van der Waals surface area contributed by atoms with Crippen LogP contribution >= 0.6 is 0 Å². The zero-order valence-electron chi connectivity index (χ0n) is 27.5. The minimum atomic E-state index is -0.900. The van der Waals surface area contributed by atoms with Gasteiger partial charge in [0.2, 0.25) is 0 Å². The Bertz CT molecular complexity index is 1380. The van der Waals surface area contributed by atoms with Gasteiger partial charge in [0.1, 0.15) is 18.0 Å². The van der Waals surface area contributed by atoms with Gasteiger partial charge in [-0.1, -0.05) is 60.7 Å². The molecule has 3 aromatic carbocycles. The van der Waals surface area contributed by atoms with Gasteiger partial charge in [-0.2, -0.15) is 0 Å². The van der Waals surface area contributed by atoms with Crippen molar-refractivity contribution in [1.29, 1.82) is 0 Å². The Hall–Kier alpha value is -4.16. The highest BCUT2D eigenvalue weighted by Gasteiger charge is 2.23. The van der Waals surface area contributed by atoms with Gasteiger partial charge in [-0.25, -0.2) is 9.59 Å². The third kappa shape index (κ3) is 13.2. The fourth-order valence-corrected chi connectivity index (χ4v) is 4.99. The molecule has 11 heteroatoms. The van der Waals surface area contributed by atoms with Gasteiger partial charge in [-0.15, -0.1) is 0 Å². The summed E-state index contributed by atoms with van der Waals surface area (Å²) in [5.41, 5.74) is 2.43. The number of ether oxygens (including phenoxy) is 4. The van der Waals surface area contributed by atoms with Crippen LogP contribution in [0.4, 0.5) is 15.3 Å². The predicted molar refractivity (Wildman–Crippen MR) is 180 cm³/mol. The summed E-state index contributed by atoms with van der Waals surface area (Å²) >= 11 is 0. The maximum atomic E-state index is 12.9. The Morgan fingerprint density at radius 2 is 1.72 bits per heavy atom. The lowest BCUT2D eigenvalue weighted by Gasteiger charge is -2.25. The van der Waals surface area contributed by atoms with Gasteiger partial charge < -0.3 is 40.0 Å². The van der Waals surface area contributed by atoms with Crippen LogP contribution in [0.25, 0.3) is 0 Å². The lowest BCUT2D eigenvalue weighted by molar-refractivity contribution is 0.0159. The van der Waals surface area contributed by atoms with Crippen LogP contribution in [0, 0.1) is 0 Å². The Balaban J connectivity index is 1.26. The molecule has 2 amide bonds. The number of para-hydroxylation sites is 1. The molecule has 47 heavy (non-hydrogen) atoms. The average Bonchev–Trinajstić information content (AvgIpc) is 3.05. The highest BCUT2D eigenvalue weighted by Crippen LogP contribution is 2.19. The number of aliphatic hydroxyl groups excluding tert-OH is 1. The van der Waals surface area contributed by atoms with E-state index < -0.39 is 29.9 Å². The minimum absolute atomic E-state index is 0.0878. The molecule has 1 aliphatic rings. The minimum Gasteiger partial charge on any atom is -0.493 e. The van der Waals surface area contributed by atoms with Gasteiger partial charge >= 0.3 is 12.2 Å². The van der Waals surface area contributed by atoms with E-state index in [1.807, 2.05) is 54.6 Å². The summed E-state index contributed by atoms with van der Waals surface area (Å²) < 4.78 is 22.4. The first-order valence-electron chi connectivity index (χ1n) is 16.1. The Labute approximate surface area is 277 Å². The van der Waals surface area contributed by atoms with Crippen molar-refractivity contribution in [3.63, 3.8) is 0 Å². The van der Waals surface area contributed by atoms with E-state index in [4.69, 9.17) is 18.9 Å². The molecular weight excluding hydrogens is 600 g/mol. The summed E-state index contributed by atoms with van der Waals surface area (Å²) in [4.78, 5) is 25.2. The molecule has 1 aliphatic heterocycles. The predicted octanol–water partition coefficient (Wildman–Crippen LogP) is 4.78. The number of amides is 2. The molecule has 1 heterocycles. The van der Waals surface area contributed by atoms with E-state index in [1.165, 1.54) is 0 Å². The van der Waals surface area contributed by atoms with Crippen LogP contribution in [0.5, 0.6) is 5.75 Å². The number of aliphatic hydroxyl groups is 1. The van der Waals surface area contributed by atoms with Crippen molar-refractivity contribution in [2.24, 2.45) is 0 Å². The van der Waals surface area contributed by atoms with E-state index in [0.29, 0.717) is 30.8 Å². The lowest BCUT2D eigenvalue weighted by atomic mass is 10.0. The topological polar surface area (TPSA) is 139 Å². The molecule has 0 aliphatic carbocycles. The largest absolute Gasteiger partial charge is 0.493 e. The van der Waals surface area contributed by atoms with E-state index in [1.54, 1.807) is 45.0 Å². The zero-order chi connectivity index (χ0) is 33.5. The number of benzene rings is 3. The molecule has 0 radical (unpaired) electrons. The van der Waals surface area contributed by atoms with Crippen molar-refractivity contribution in [1.82, 2.24) is 16.0 Å². The number of rotatable bonds is 15. The molecule has 4 rings (SSSR count). The van der Waals surface area contributed by atoms with E-state index >= 15 is 0 Å². The first-order chi connectivity index (χ1) is 22.6. The first kappa shape index (κ1) is 35.7. The number of alkyl carbamates (subject to hydrolysis) is 1. The number of hydrogen-bond acceptors (Lipinski definition) is 9. The molecule has 254 valence electrons. The summed E-state index contributed by atoms with van der Waals surface area (Å²) in [5.74, 6) is 0.798. The van der Waals surface area contributed by atoms with Crippen molar-refractivity contribution in [3.05, 3.63) is 95.6 Å². The van der Waals surface area contributed by atoms with Gasteiger partial charge in [-0.05, 0) is 56.5 Å². The van der Waals surface area contributed by atoms with E-state index in [-0.39, 0.29) is 19.3 Å². The monoisotopic (exact) mass is 648 g/mol. The SMILES string of the molecule is CC(C)(C)OC(=O)Nc1ccccc1COC(=O)N[C@@H](Cc1ccccc1)[C@@H](O)CNCc1ccc(OCCC2CNCCO2)cc1. The molecule has 5 N–H and O–H groups in total. The maximum absolute atomic E-state index is 12.9. The zero-order valence-corrected chi connectivity index (χ0v) is 27.5. The van der Waals surface area contributed by atoms with Gasteiger partial charge in [0.05, 0.1) is 37.2 Å². The number of carbonyl (C=O) groups excluding carboxylic acids is 2. The Kier molecular flexibility index (Phi) is 13.9. The second kappa shape index (κ2) is 18.2. The van der Waals surface area contributed by atoms with Gasteiger partial charge in [-0.3, -0.25) is 5.32 Å². The van der Waals surface area contributed by atoms with E-state index in [9.17, 15) is 14.7 Å². The molecule has 0 spiro atoms. The molecule has 3 atom stereocenters.